The highest BCUT2D eigenvalue weighted by Crippen LogP contribution is 2.15. The Morgan fingerprint density at radius 1 is 0.947 bits per heavy atom. The zero-order valence-electron chi connectivity index (χ0n) is 11.6. The molecular weight excluding hydrogens is 234 g/mol. The van der Waals surface area contributed by atoms with Crippen molar-refractivity contribution in [2.45, 2.75) is 26.8 Å². The fourth-order valence-corrected chi connectivity index (χ4v) is 1.98. The standard InChI is InChI=1S/C17H21NO/c1-3-14-6-5-7-16(12-14)18-13-15-8-10-17(11-9-15)19-4-2/h5-12,18H,3-4,13H2,1-2H3. The van der Waals surface area contributed by atoms with Gasteiger partial charge in [-0.1, -0.05) is 31.2 Å². The van der Waals surface area contributed by atoms with Crippen molar-refractivity contribution >= 4 is 5.69 Å². The van der Waals surface area contributed by atoms with Gasteiger partial charge in [0.1, 0.15) is 5.75 Å². The van der Waals surface area contributed by atoms with E-state index < -0.39 is 0 Å². The Kier molecular flexibility index (Phi) is 4.85. The molecule has 1 N–H and O–H groups in total. The maximum atomic E-state index is 5.43. The van der Waals surface area contributed by atoms with Crippen molar-refractivity contribution in [3.05, 3.63) is 59.7 Å². The molecule has 0 aliphatic carbocycles. The fourth-order valence-electron chi connectivity index (χ4n) is 1.98. The molecule has 2 aromatic rings. The lowest BCUT2D eigenvalue weighted by atomic mass is 10.1. The van der Waals surface area contributed by atoms with Gasteiger partial charge in [0.05, 0.1) is 6.61 Å². The van der Waals surface area contributed by atoms with Crippen molar-refractivity contribution in [1.82, 2.24) is 0 Å². The molecule has 100 valence electrons. The number of ether oxygens (including phenoxy) is 1. The van der Waals surface area contributed by atoms with E-state index in [1.54, 1.807) is 0 Å². The molecule has 0 radical (unpaired) electrons. The normalized spacial score (nSPS) is 10.2. The largest absolute Gasteiger partial charge is 0.494 e. The first-order valence-corrected chi connectivity index (χ1v) is 6.86. The minimum atomic E-state index is 0.710. The highest BCUT2D eigenvalue weighted by Gasteiger charge is 1.97. The second-order valence-electron chi connectivity index (χ2n) is 4.48. The first-order valence-electron chi connectivity index (χ1n) is 6.86. The van der Waals surface area contributed by atoms with Crippen LogP contribution in [0, 0.1) is 0 Å². The number of hydrogen-bond donors (Lipinski definition) is 1. The number of rotatable bonds is 6. The summed E-state index contributed by atoms with van der Waals surface area (Å²) in [5.41, 5.74) is 3.79. The van der Waals surface area contributed by atoms with E-state index in [0.717, 1.165) is 18.7 Å². The molecule has 0 saturated carbocycles. The van der Waals surface area contributed by atoms with Gasteiger partial charge < -0.3 is 10.1 Å². The molecule has 0 aliphatic rings. The van der Waals surface area contributed by atoms with E-state index in [1.165, 1.54) is 16.8 Å². The quantitative estimate of drug-likeness (QED) is 0.832. The van der Waals surface area contributed by atoms with E-state index in [0.29, 0.717) is 6.61 Å². The maximum Gasteiger partial charge on any atom is 0.119 e. The van der Waals surface area contributed by atoms with E-state index in [2.05, 4.69) is 48.6 Å². The van der Waals surface area contributed by atoms with Gasteiger partial charge in [-0.05, 0) is 48.7 Å². The van der Waals surface area contributed by atoms with Crippen molar-refractivity contribution < 1.29 is 4.74 Å². The second kappa shape index (κ2) is 6.83. The number of nitrogens with one attached hydrogen (secondary N) is 1. The smallest absolute Gasteiger partial charge is 0.119 e. The first kappa shape index (κ1) is 13.5. The van der Waals surface area contributed by atoms with Gasteiger partial charge in [-0.3, -0.25) is 0 Å². The highest BCUT2D eigenvalue weighted by atomic mass is 16.5. The van der Waals surface area contributed by atoms with Crippen LogP contribution in [-0.4, -0.2) is 6.61 Å². The number of anilines is 1. The third-order valence-corrected chi connectivity index (χ3v) is 3.07. The van der Waals surface area contributed by atoms with Crippen molar-refractivity contribution in [3.63, 3.8) is 0 Å². The van der Waals surface area contributed by atoms with Crippen LogP contribution in [0.5, 0.6) is 5.75 Å². The van der Waals surface area contributed by atoms with Crippen LogP contribution in [0.25, 0.3) is 0 Å². The molecule has 0 spiro atoms. The van der Waals surface area contributed by atoms with Gasteiger partial charge >= 0.3 is 0 Å². The molecule has 0 bridgehead atoms. The molecule has 0 unspecified atom stereocenters. The summed E-state index contributed by atoms with van der Waals surface area (Å²) >= 11 is 0. The van der Waals surface area contributed by atoms with Crippen molar-refractivity contribution in [3.8, 4) is 5.75 Å². The summed E-state index contributed by atoms with van der Waals surface area (Å²) in [4.78, 5) is 0. The Bertz CT molecular complexity index is 505. The van der Waals surface area contributed by atoms with Crippen LogP contribution in [0.15, 0.2) is 48.5 Å². The molecule has 2 nitrogen and oxygen atoms in total. The second-order valence-corrected chi connectivity index (χ2v) is 4.48. The van der Waals surface area contributed by atoms with Crippen LogP contribution in [0.3, 0.4) is 0 Å². The van der Waals surface area contributed by atoms with Gasteiger partial charge in [0.25, 0.3) is 0 Å². The minimum absolute atomic E-state index is 0.710. The SMILES string of the molecule is CCOc1ccc(CNc2cccc(CC)c2)cc1. The number of hydrogen-bond acceptors (Lipinski definition) is 2. The first-order chi connectivity index (χ1) is 9.31. The molecule has 0 heterocycles. The summed E-state index contributed by atoms with van der Waals surface area (Å²) in [7, 11) is 0. The molecule has 19 heavy (non-hydrogen) atoms. The monoisotopic (exact) mass is 255 g/mol. The molecule has 0 aliphatic heterocycles. The predicted molar refractivity (Wildman–Crippen MR) is 80.8 cm³/mol. The van der Waals surface area contributed by atoms with Crippen LogP contribution in [0.2, 0.25) is 0 Å². The van der Waals surface area contributed by atoms with E-state index in [-0.39, 0.29) is 0 Å². The molecule has 0 aromatic heterocycles. The average molecular weight is 255 g/mol. The topological polar surface area (TPSA) is 21.3 Å². The Morgan fingerprint density at radius 2 is 1.74 bits per heavy atom. The fraction of sp³-hybridized carbons (Fsp3) is 0.294. The third kappa shape index (κ3) is 4.02. The zero-order chi connectivity index (χ0) is 13.5. The zero-order valence-corrected chi connectivity index (χ0v) is 11.6. The van der Waals surface area contributed by atoms with Crippen molar-refractivity contribution in [2.75, 3.05) is 11.9 Å². The highest BCUT2D eigenvalue weighted by molar-refractivity contribution is 5.46. The summed E-state index contributed by atoms with van der Waals surface area (Å²) < 4.78 is 5.43. The lowest BCUT2D eigenvalue weighted by Gasteiger charge is -2.09. The summed E-state index contributed by atoms with van der Waals surface area (Å²) in [5, 5.41) is 3.45. The van der Waals surface area contributed by atoms with E-state index in [4.69, 9.17) is 4.74 Å². The molecule has 0 saturated heterocycles. The van der Waals surface area contributed by atoms with E-state index >= 15 is 0 Å². The molecule has 0 atom stereocenters. The summed E-state index contributed by atoms with van der Waals surface area (Å²) in [5.74, 6) is 0.930. The van der Waals surface area contributed by atoms with Gasteiger partial charge in [0.15, 0.2) is 0 Å². The van der Waals surface area contributed by atoms with Crippen LogP contribution in [-0.2, 0) is 13.0 Å². The Labute approximate surface area is 115 Å². The maximum absolute atomic E-state index is 5.43. The molecule has 0 amide bonds. The van der Waals surface area contributed by atoms with E-state index in [1.807, 2.05) is 19.1 Å². The summed E-state index contributed by atoms with van der Waals surface area (Å²) in [6.45, 7) is 5.71. The van der Waals surface area contributed by atoms with Crippen molar-refractivity contribution in [2.24, 2.45) is 0 Å². The number of benzene rings is 2. The van der Waals surface area contributed by atoms with Crippen LogP contribution in [0.4, 0.5) is 5.69 Å². The lowest BCUT2D eigenvalue weighted by Crippen LogP contribution is -2.00. The Morgan fingerprint density at radius 3 is 2.42 bits per heavy atom. The Balaban J connectivity index is 1.94. The summed E-state index contributed by atoms with van der Waals surface area (Å²) in [6.07, 6.45) is 1.07. The third-order valence-electron chi connectivity index (χ3n) is 3.07. The number of aryl methyl sites for hydroxylation is 1. The van der Waals surface area contributed by atoms with Crippen LogP contribution in [0.1, 0.15) is 25.0 Å². The van der Waals surface area contributed by atoms with Gasteiger partial charge in [-0.2, -0.15) is 0 Å². The minimum Gasteiger partial charge on any atom is -0.494 e. The van der Waals surface area contributed by atoms with E-state index in [9.17, 15) is 0 Å². The van der Waals surface area contributed by atoms with Gasteiger partial charge in [-0.15, -0.1) is 0 Å². The molecule has 0 fully saturated rings. The van der Waals surface area contributed by atoms with Crippen LogP contribution >= 0.6 is 0 Å². The lowest BCUT2D eigenvalue weighted by molar-refractivity contribution is 0.340. The molecule has 2 aromatic carbocycles. The Hall–Kier alpha value is -1.96. The molecule has 2 heteroatoms. The average Bonchev–Trinajstić information content (AvgIpc) is 2.47. The molecular formula is C17H21NO. The summed E-state index contributed by atoms with van der Waals surface area (Å²) in [6, 6.07) is 16.8. The van der Waals surface area contributed by atoms with Gasteiger partial charge in [0, 0.05) is 12.2 Å². The predicted octanol–water partition coefficient (Wildman–Crippen LogP) is 4.26. The van der Waals surface area contributed by atoms with Gasteiger partial charge in [0.2, 0.25) is 0 Å². The van der Waals surface area contributed by atoms with Gasteiger partial charge in [-0.25, -0.2) is 0 Å². The molecule has 2 rings (SSSR count). The van der Waals surface area contributed by atoms with Crippen molar-refractivity contribution in [1.29, 1.82) is 0 Å². The van der Waals surface area contributed by atoms with Crippen LogP contribution < -0.4 is 10.1 Å².